The van der Waals surface area contributed by atoms with E-state index in [1.165, 1.54) is 37.3 Å². The van der Waals surface area contributed by atoms with Gasteiger partial charge in [0, 0.05) is 31.9 Å². The van der Waals surface area contributed by atoms with Crippen molar-refractivity contribution in [3.8, 4) is 5.75 Å². The molecule has 10 heteroatoms. The zero-order valence-corrected chi connectivity index (χ0v) is 17.7. The fraction of sp³-hybridized carbons (Fsp3) is 0.238. The van der Waals surface area contributed by atoms with Gasteiger partial charge < -0.3 is 14.5 Å². The van der Waals surface area contributed by atoms with Crippen LogP contribution in [0.1, 0.15) is 0 Å². The molecule has 2 aromatic carbocycles. The molecule has 8 nitrogen and oxygen atoms in total. The Balaban J connectivity index is 1.40. The zero-order chi connectivity index (χ0) is 21.8. The van der Waals surface area contributed by atoms with Gasteiger partial charge in [0.2, 0.25) is 5.95 Å². The summed E-state index contributed by atoms with van der Waals surface area (Å²) in [6.45, 7) is 3.19. The molecule has 0 saturated carbocycles. The smallest absolute Gasteiger partial charge is 0.262 e. The molecule has 0 amide bonds. The minimum Gasteiger partial charge on any atom is -0.494 e. The summed E-state index contributed by atoms with van der Waals surface area (Å²) in [5.41, 5.74) is 1.38. The molecule has 1 saturated heterocycles. The van der Waals surface area contributed by atoms with E-state index in [2.05, 4.69) is 36.6 Å². The highest BCUT2D eigenvalue weighted by Crippen LogP contribution is 2.23. The van der Waals surface area contributed by atoms with Crippen molar-refractivity contribution in [3.63, 3.8) is 0 Å². The number of nitrogens with one attached hydrogen (secondary N) is 1. The zero-order valence-electron chi connectivity index (χ0n) is 16.9. The Labute approximate surface area is 180 Å². The van der Waals surface area contributed by atoms with Crippen molar-refractivity contribution >= 4 is 27.3 Å². The number of anilines is 3. The molecule has 2 heterocycles. The second kappa shape index (κ2) is 8.76. The highest BCUT2D eigenvalue weighted by atomic mass is 32.2. The van der Waals surface area contributed by atoms with Crippen LogP contribution in [0.4, 0.5) is 21.7 Å². The highest BCUT2D eigenvalue weighted by Gasteiger charge is 2.20. The number of methoxy groups -OCH3 is 1. The Morgan fingerprint density at radius 2 is 1.61 bits per heavy atom. The minimum absolute atomic E-state index is 0.0287. The average molecular weight is 444 g/mol. The van der Waals surface area contributed by atoms with Crippen LogP contribution in [-0.4, -0.2) is 51.7 Å². The lowest BCUT2D eigenvalue weighted by Gasteiger charge is -2.36. The average Bonchev–Trinajstić information content (AvgIpc) is 2.80. The quantitative estimate of drug-likeness (QED) is 0.627. The van der Waals surface area contributed by atoms with Crippen molar-refractivity contribution in [2.24, 2.45) is 0 Å². The van der Waals surface area contributed by atoms with E-state index >= 15 is 0 Å². The summed E-state index contributed by atoms with van der Waals surface area (Å²) in [5, 5.41) is 0. The van der Waals surface area contributed by atoms with Gasteiger partial charge in [-0.15, -0.1) is 0 Å². The summed E-state index contributed by atoms with van der Waals surface area (Å²) >= 11 is 0. The molecule has 0 spiro atoms. The Bertz CT molecular complexity index is 1140. The number of sulfonamides is 1. The summed E-state index contributed by atoms with van der Waals surface area (Å²) in [4.78, 5) is 12.7. The number of nitrogens with zero attached hydrogens (tertiary/aromatic N) is 4. The third-order valence-corrected chi connectivity index (χ3v) is 6.39. The van der Waals surface area contributed by atoms with Crippen LogP contribution < -0.4 is 19.3 Å². The van der Waals surface area contributed by atoms with Gasteiger partial charge in [0.15, 0.2) is 11.6 Å². The number of piperazine rings is 1. The molecule has 1 aliphatic rings. The van der Waals surface area contributed by atoms with E-state index in [0.717, 1.165) is 32.2 Å². The first-order valence-electron chi connectivity index (χ1n) is 9.69. The molecular formula is C21H22FN5O3S. The van der Waals surface area contributed by atoms with Gasteiger partial charge in [-0.05, 0) is 30.3 Å². The van der Waals surface area contributed by atoms with Gasteiger partial charge >= 0.3 is 0 Å². The molecule has 0 unspecified atom stereocenters. The first-order valence-corrected chi connectivity index (χ1v) is 11.2. The predicted octanol–water partition coefficient (Wildman–Crippen LogP) is 2.75. The number of aromatic nitrogens is 2. The van der Waals surface area contributed by atoms with Gasteiger partial charge in [-0.3, -0.25) is 4.72 Å². The summed E-state index contributed by atoms with van der Waals surface area (Å²) in [7, 11) is -2.67. The maximum absolute atomic E-state index is 13.9. The van der Waals surface area contributed by atoms with E-state index in [4.69, 9.17) is 4.74 Å². The standard InChI is InChI=1S/C21H22FN5O3S/c1-30-20-8-7-18(13-19(20)22)31(28,29)25-16-14-23-21(24-15-16)27-11-9-26(10-12-27)17-5-3-2-4-6-17/h2-8,13-15,25H,9-12H2,1H3. The van der Waals surface area contributed by atoms with Crippen molar-refractivity contribution in [2.45, 2.75) is 4.90 Å². The van der Waals surface area contributed by atoms with Crippen LogP contribution in [0.5, 0.6) is 5.75 Å². The van der Waals surface area contributed by atoms with E-state index in [1.807, 2.05) is 18.2 Å². The van der Waals surface area contributed by atoms with Crippen LogP contribution in [0.2, 0.25) is 0 Å². The van der Waals surface area contributed by atoms with E-state index in [0.29, 0.717) is 5.95 Å². The number of ether oxygens (including phenoxy) is 1. The summed E-state index contributed by atoms with van der Waals surface area (Å²) < 4.78 is 46.1. The van der Waals surface area contributed by atoms with Crippen molar-refractivity contribution in [1.29, 1.82) is 0 Å². The molecule has 0 aliphatic carbocycles. The van der Waals surface area contributed by atoms with Crippen LogP contribution in [0.15, 0.2) is 65.8 Å². The van der Waals surface area contributed by atoms with Crippen molar-refractivity contribution < 1.29 is 17.5 Å². The molecule has 0 radical (unpaired) electrons. The van der Waals surface area contributed by atoms with Gasteiger partial charge in [-0.25, -0.2) is 22.8 Å². The second-order valence-electron chi connectivity index (χ2n) is 6.98. The molecule has 4 rings (SSSR count). The minimum atomic E-state index is -3.98. The molecular weight excluding hydrogens is 421 g/mol. The molecule has 31 heavy (non-hydrogen) atoms. The number of benzene rings is 2. The Morgan fingerprint density at radius 1 is 0.968 bits per heavy atom. The van der Waals surface area contributed by atoms with Crippen LogP contribution >= 0.6 is 0 Å². The number of rotatable bonds is 6. The van der Waals surface area contributed by atoms with E-state index in [1.54, 1.807) is 0 Å². The highest BCUT2D eigenvalue weighted by molar-refractivity contribution is 7.92. The Morgan fingerprint density at radius 3 is 2.23 bits per heavy atom. The topological polar surface area (TPSA) is 87.7 Å². The van der Waals surface area contributed by atoms with Crippen LogP contribution in [0.3, 0.4) is 0 Å². The Hall–Kier alpha value is -3.40. The van der Waals surface area contributed by atoms with Gasteiger partial charge in [0.05, 0.1) is 30.1 Å². The lowest BCUT2D eigenvalue weighted by molar-refractivity contribution is 0.385. The third-order valence-electron chi connectivity index (χ3n) is 5.01. The molecule has 1 fully saturated rings. The van der Waals surface area contributed by atoms with Gasteiger partial charge in [0.1, 0.15) is 0 Å². The SMILES string of the molecule is COc1ccc(S(=O)(=O)Nc2cnc(N3CCN(c4ccccc4)CC3)nc2)cc1F. The summed E-state index contributed by atoms with van der Waals surface area (Å²) in [6, 6.07) is 13.6. The van der Waals surface area contributed by atoms with E-state index in [-0.39, 0.29) is 16.3 Å². The van der Waals surface area contributed by atoms with E-state index in [9.17, 15) is 12.8 Å². The number of hydrogen-bond donors (Lipinski definition) is 1. The monoisotopic (exact) mass is 443 g/mol. The normalized spacial score (nSPS) is 14.4. The number of halogens is 1. The predicted molar refractivity (Wildman–Crippen MR) is 117 cm³/mol. The molecule has 0 atom stereocenters. The first kappa shape index (κ1) is 20.9. The van der Waals surface area contributed by atoms with E-state index < -0.39 is 15.8 Å². The molecule has 162 valence electrons. The van der Waals surface area contributed by atoms with Gasteiger partial charge in [0.25, 0.3) is 10.0 Å². The third kappa shape index (κ3) is 4.69. The molecule has 1 aromatic heterocycles. The summed E-state index contributed by atoms with van der Waals surface area (Å²) in [5.74, 6) is -0.253. The van der Waals surface area contributed by atoms with Crippen molar-refractivity contribution in [3.05, 3.63) is 66.7 Å². The molecule has 3 aromatic rings. The van der Waals surface area contributed by atoms with Crippen LogP contribution in [0.25, 0.3) is 0 Å². The molecule has 0 bridgehead atoms. The Kier molecular flexibility index (Phi) is 5.90. The van der Waals surface area contributed by atoms with Crippen molar-refractivity contribution in [2.75, 3.05) is 47.8 Å². The maximum Gasteiger partial charge on any atom is 0.262 e. The van der Waals surface area contributed by atoms with Crippen molar-refractivity contribution in [1.82, 2.24) is 9.97 Å². The second-order valence-corrected chi connectivity index (χ2v) is 8.67. The van der Waals surface area contributed by atoms with Gasteiger partial charge in [-0.1, -0.05) is 18.2 Å². The van der Waals surface area contributed by atoms with Crippen LogP contribution in [0, 0.1) is 5.82 Å². The first-order chi connectivity index (χ1) is 15.0. The molecule has 1 aliphatic heterocycles. The largest absolute Gasteiger partial charge is 0.494 e. The number of para-hydroxylation sites is 1. The maximum atomic E-state index is 13.9. The number of hydrogen-bond acceptors (Lipinski definition) is 7. The lowest BCUT2D eigenvalue weighted by Crippen LogP contribution is -2.47. The molecule has 1 N–H and O–H groups in total. The summed E-state index contributed by atoms with van der Waals surface area (Å²) in [6.07, 6.45) is 2.81. The lowest BCUT2D eigenvalue weighted by atomic mass is 10.2. The van der Waals surface area contributed by atoms with Gasteiger partial charge in [-0.2, -0.15) is 0 Å². The van der Waals surface area contributed by atoms with Crippen LogP contribution in [-0.2, 0) is 10.0 Å². The fourth-order valence-electron chi connectivity index (χ4n) is 3.37. The fourth-order valence-corrected chi connectivity index (χ4v) is 4.41.